The summed E-state index contributed by atoms with van der Waals surface area (Å²) in [6.07, 6.45) is 3.47. The molecule has 1 aliphatic rings. The van der Waals surface area contributed by atoms with E-state index in [2.05, 4.69) is 20.4 Å². The minimum absolute atomic E-state index is 0.222. The lowest BCUT2D eigenvalue weighted by atomic mass is 9.76. The number of aliphatic hydroxyl groups excluding tert-OH is 1. The molecule has 1 nitrogen and oxygen atoms in total. The minimum atomic E-state index is 0.222. The Kier molecular flexibility index (Phi) is 2.18. The molecule has 76 valence electrons. The molecule has 0 atom stereocenters. The molecule has 0 unspecified atom stereocenters. The van der Waals surface area contributed by atoms with Crippen LogP contribution in [-0.2, 0) is 12.8 Å². The van der Waals surface area contributed by atoms with E-state index in [-0.39, 0.29) is 5.76 Å². The van der Waals surface area contributed by atoms with Crippen molar-refractivity contribution in [3.8, 4) is 0 Å². The van der Waals surface area contributed by atoms with Crippen molar-refractivity contribution in [3.63, 3.8) is 0 Å². The van der Waals surface area contributed by atoms with Gasteiger partial charge in [-0.05, 0) is 30.2 Å². The molecule has 1 N–H and O–H groups in total. The number of aliphatic hydroxyl groups is 1. The minimum Gasteiger partial charge on any atom is -0.508 e. The SMILES string of the molecule is C=C(O)c1csc2c1CC(C)(C)CC2. The zero-order valence-corrected chi connectivity index (χ0v) is 9.58. The third kappa shape index (κ3) is 1.59. The van der Waals surface area contributed by atoms with Crippen LogP contribution in [0.2, 0.25) is 0 Å². The van der Waals surface area contributed by atoms with Gasteiger partial charge in [0.15, 0.2) is 0 Å². The predicted octanol–water partition coefficient (Wildman–Crippen LogP) is 3.79. The molecule has 1 aromatic heterocycles. The zero-order chi connectivity index (χ0) is 10.3. The summed E-state index contributed by atoms with van der Waals surface area (Å²) in [4.78, 5) is 1.44. The maximum atomic E-state index is 9.45. The highest BCUT2D eigenvalue weighted by molar-refractivity contribution is 7.10. The van der Waals surface area contributed by atoms with Crippen LogP contribution in [0.5, 0.6) is 0 Å². The average Bonchev–Trinajstić information content (AvgIpc) is 2.44. The molecule has 14 heavy (non-hydrogen) atoms. The zero-order valence-electron chi connectivity index (χ0n) is 8.76. The van der Waals surface area contributed by atoms with Gasteiger partial charge in [0.2, 0.25) is 0 Å². The Morgan fingerprint density at radius 1 is 1.57 bits per heavy atom. The largest absolute Gasteiger partial charge is 0.508 e. The molecule has 2 rings (SSSR count). The average molecular weight is 208 g/mol. The molecule has 0 saturated heterocycles. The van der Waals surface area contributed by atoms with Crippen LogP contribution in [-0.4, -0.2) is 5.11 Å². The van der Waals surface area contributed by atoms with E-state index in [1.807, 2.05) is 5.38 Å². The first-order valence-corrected chi connectivity index (χ1v) is 5.85. The first-order valence-electron chi connectivity index (χ1n) is 4.97. The summed E-state index contributed by atoms with van der Waals surface area (Å²) >= 11 is 1.76. The lowest BCUT2D eigenvalue weighted by molar-refractivity contribution is 0.317. The highest BCUT2D eigenvalue weighted by Crippen LogP contribution is 2.40. The molecule has 0 radical (unpaired) electrons. The van der Waals surface area contributed by atoms with E-state index in [0.29, 0.717) is 5.41 Å². The van der Waals surface area contributed by atoms with Crippen molar-refractivity contribution in [2.75, 3.05) is 0 Å². The van der Waals surface area contributed by atoms with Crippen LogP contribution in [0.25, 0.3) is 5.76 Å². The van der Waals surface area contributed by atoms with Crippen LogP contribution in [0.4, 0.5) is 0 Å². The molecule has 0 spiro atoms. The molecular formula is C12H16OS. The fourth-order valence-electron chi connectivity index (χ4n) is 2.09. The normalized spacial score (nSPS) is 19.0. The molecule has 0 amide bonds. The fraction of sp³-hybridized carbons (Fsp3) is 0.500. The van der Waals surface area contributed by atoms with Gasteiger partial charge in [-0.2, -0.15) is 0 Å². The Hall–Kier alpha value is -0.760. The third-order valence-corrected chi connectivity index (χ3v) is 4.06. The number of aryl methyl sites for hydroxylation is 1. The Morgan fingerprint density at radius 3 is 2.93 bits per heavy atom. The van der Waals surface area contributed by atoms with Crippen molar-refractivity contribution in [1.82, 2.24) is 0 Å². The van der Waals surface area contributed by atoms with Gasteiger partial charge in [0, 0.05) is 15.8 Å². The second-order valence-electron chi connectivity index (χ2n) is 4.84. The predicted molar refractivity (Wildman–Crippen MR) is 61.8 cm³/mol. The van der Waals surface area contributed by atoms with Gasteiger partial charge < -0.3 is 5.11 Å². The van der Waals surface area contributed by atoms with Gasteiger partial charge in [0.1, 0.15) is 5.76 Å². The highest BCUT2D eigenvalue weighted by Gasteiger charge is 2.28. The topological polar surface area (TPSA) is 20.2 Å². The summed E-state index contributed by atoms with van der Waals surface area (Å²) in [5, 5.41) is 11.5. The van der Waals surface area contributed by atoms with Crippen molar-refractivity contribution in [2.24, 2.45) is 5.41 Å². The van der Waals surface area contributed by atoms with Crippen molar-refractivity contribution in [1.29, 1.82) is 0 Å². The van der Waals surface area contributed by atoms with Gasteiger partial charge in [-0.1, -0.05) is 20.4 Å². The number of rotatable bonds is 1. The molecule has 0 aromatic carbocycles. The van der Waals surface area contributed by atoms with E-state index < -0.39 is 0 Å². The van der Waals surface area contributed by atoms with Gasteiger partial charge in [-0.25, -0.2) is 0 Å². The fourth-order valence-corrected chi connectivity index (χ4v) is 3.17. The first-order chi connectivity index (χ1) is 6.49. The molecule has 1 aliphatic carbocycles. The molecule has 0 saturated carbocycles. The lowest BCUT2D eigenvalue weighted by Crippen LogP contribution is -2.21. The summed E-state index contributed by atoms with van der Waals surface area (Å²) < 4.78 is 0. The van der Waals surface area contributed by atoms with Gasteiger partial charge in [0.25, 0.3) is 0 Å². The lowest BCUT2D eigenvalue weighted by Gasteiger charge is -2.29. The maximum absolute atomic E-state index is 9.45. The number of hydrogen-bond donors (Lipinski definition) is 1. The third-order valence-electron chi connectivity index (χ3n) is 2.98. The highest BCUT2D eigenvalue weighted by atomic mass is 32.1. The van der Waals surface area contributed by atoms with E-state index >= 15 is 0 Å². The summed E-state index contributed by atoms with van der Waals surface area (Å²) in [6, 6.07) is 0. The summed E-state index contributed by atoms with van der Waals surface area (Å²) in [7, 11) is 0. The first kappa shape index (κ1) is 9.78. The molecule has 0 bridgehead atoms. The standard InChI is InChI=1S/C12H16OS/c1-8(13)10-7-14-11-4-5-12(2,3)6-9(10)11/h7,13H,1,4-6H2,2-3H3. The second kappa shape index (κ2) is 3.13. The second-order valence-corrected chi connectivity index (χ2v) is 5.80. The van der Waals surface area contributed by atoms with E-state index in [9.17, 15) is 5.11 Å². The van der Waals surface area contributed by atoms with E-state index in [4.69, 9.17) is 0 Å². The number of fused-ring (bicyclic) bond motifs is 1. The molecule has 0 aliphatic heterocycles. The van der Waals surface area contributed by atoms with Gasteiger partial charge in [-0.3, -0.25) is 0 Å². The Labute approximate surface area is 89.1 Å². The molecule has 1 heterocycles. The van der Waals surface area contributed by atoms with E-state index in [1.165, 1.54) is 16.9 Å². The number of thiophene rings is 1. The molecule has 2 heteroatoms. The summed E-state index contributed by atoms with van der Waals surface area (Å²) in [6.45, 7) is 8.19. The van der Waals surface area contributed by atoms with Gasteiger partial charge in [0.05, 0.1) is 0 Å². The Morgan fingerprint density at radius 2 is 2.29 bits per heavy atom. The quantitative estimate of drug-likeness (QED) is 0.696. The van der Waals surface area contributed by atoms with Crippen molar-refractivity contribution < 1.29 is 5.11 Å². The Balaban J connectivity index is 2.42. The van der Waals surface area contributed by atoms with Crippen LogP contribution in [0.15, 0.2) is 12.0 Å². The maximum Gasteiger partial charge on any atom is 0.116 e. The molecular weight excluding hydrogens is 192 g/mol. The van der Waals surface area contributed by atoms with Crippen LogP contribution in [0.3, 0.4) is 0 Å². The molecule has 1 aromatic rings. The van der Waals surface area contributed by atoms with Crippen LogP contribution in [0, 0.1) is 5.41 Å². The monoisotopic (exact) mass is 208 g/mol. The van der Waals surface area contributed by atoms with E-state index in [0.717, 1.165) is 18.4 Å². The van der Waals surface area contributed by atoms with Crippen LogP contribution >= 0.6 is 11.3 Å². The van der Waals surface area contributed by atoms with Crippen molar-refractivity contribution in [2.45, 2.75) is 33.1 Å². The number of hydrogen-bond acceptors (Lipinski definition) is 2. The van der Waals surface area contributed by atoms with Crippen LogP contribution < -0.4 is 0 Å². The van der Waals surface area contributed by atoms with Gasteiger partial charge >= 0.3 is 0 Å². The van der Waals surface area contributed by atoms with E-state index in [1.54, 1.807) is 11.3 Å². The van der Waals surface area contributed by atoms with Crippen molar-refractivity contribution in [3.05, 3.63) is 28.0 Å². The summed E-state index contributed by atoms with van der Waals surface area (Å²) in [5.74, 6) is 0.222. The van der Waals surface area contributed by atoms with Gasteiger partial charge in [-0.15, -0.1) is 11.3 Å². The smallest absolute Gasteiger partial charge is 0.116 e. The van der Waals surface area contributed by atoms with Crippen molar-refractivity contribution >= 4 is 17.1 Å². The van der Waals surface area contributed by atoms with Crippen LogP contribution in [0.1, 0.15) is 36.3 Å². The summed E-state index contributed by atoms with van der Waals surface area (Å²) in [5.41, 5.74) is 2.68. The molecule has 0 fully saturated rings. The Bertz CT molecular complexity index is 374.